The van der Waals surface area contributed by atoms with Crippen molar-refractivity contribution in [2.24, 2.45) is 7.05 Å². The van der Waals surface area contributed by atoms with Crippen LogP contribution in [0.5, 0.6) is 0 Å². The molecular formula is C27H29N2S2+. The Morgan fingerprint density at radius 2 is 1.74 bits per heavy atom. The van der Waals surface area contributed by atoms with Gasteiger partial charge in [0.15, 0.2) is 0 Å². The van der Waals surface area contributed by atoms with Crippen LogP contribution in [0, 0.1) is 0 Å². The van der Waals surface area contributed by atoms with Crippen molar-refractivity contribution in [3.63, 3.8) is 0 Å². The summed E-state index contributed by atoms with van der Waals surface area (Å²) in [6, 6.07) is 17.2. The van der Waals surface area contributed by atoms with Gasteiger partial charge in [-0.1, -0.05) is 79.4 Å². The van der Waals surface area contributed by atoms with Crippen molar-refractivity contribution in [2.75, 3.05) is 11.9 Å². The third kappa shape index (κ3) is 4.70. The summed E-state index contributed by atoms with van der Waals surface area (Å²) in [5, 5.41) is 2.54. The van der Waals surface area contributed by atoms with E-state index in [0.29, 0.717) is 0 Å². The van der Waals surface area contributed by atoms with E-state index in [1.54, 1.807) is 0 Å². The van der Waals surface area contributed by atoms with Crippen LogP contribution in [0.25, 0.3) is 16.3 Å². The molecular weight excluding hydrogens is 416 g/mol. The number of rotatable bonds is 6. The Labute approximate surface area is 193 Å². The van der Waals surface area contributed by atoms with Crippen LogP contribution in [0.3, 0.4) is 0 Å². The van der Waals surface area contributed by atoms with Crippen LogP contribution in [0.15, 0.2) is 93.9 Å². The summed E-state index contributed by atoms with van der Waals surface area (Å²) in [6.45, 7) is 4.45. The highest BCUT2D eigenvalue weighted by atomic mass is 32.2. The molecule has 1 aliphatic rings. The molecule has 31 heavy (non-hydrogen) atoms. The minimum Gasteiger partial charge on any atom is -0.338 e. The Hall–Kier alpha value is -2.56. The smallest absolute Gasteiger partial charge is 0.262 e. The zero-order valence-corrected chi connectivity index (χ0v) is 20.3. The number of nitrogens with zero attached hydrogens (tertiary/aromatic N) is 2. The van der Waals surface area contributed by atoms with Gasteiger partial charge in [-0.25, -0.2) is 0 Å². The lowest BCUT2D eigenvalue weighted by molar-refractivity contribution is -0.642. The number of aromatic nitrogens is 1. The van der Waals surface area contributed by atoms with Crippen LogP contribution in [-0.4, -0.2) is 7.05 Å². The van der Waals surface area contributed by atoms with E-state index in [2.05, 4.69) is 116 Å². The number of aryl methyl sites for hydroxylation is 1. The highest BCUT2D eigenvalue weighted by Crippen LogP contribution is 2.44. The molecule has 2 heterocycles. The van der Waals surface area contributed by atoms with E-state index in [4.69, 9.17) is 0 Å². The molecule has 4 heteroatoms. The normalized spacial score (nSPS) is 16.1. The summed E-state index contributed by atoms with van der Waals surface area (Å²) in [4.78, 5) is 3.60. The molecule has 0 fully saturated rings. The number of hydrogen-bond acceptors (Lipinski definition) is 3. The van der Waals surface area contributed by atoms with Gasteiger partial charge in [-0.05, 0) is 48.3 Å². The molecule has 1 aliphatic heterocycles. The van der Waals surface area contributed by atoms with E-state index in [1.165, 1.54) is 42.0 Å². The number of hydrogen-bond donors (Lipinski definition) is 0. The van der Waals surface area contributed by atoms with Crippen molar-refractivity contribution in [3.05, 3.63) is 94.0 Å². The highest BCUT2D eigenvalue weighted by Gasteiger charge is 2.20. The molecule has 0 N–H and O–H groups in total. The van der Waals surface area contributed by atoms with Crippen LogP contribution in [0.2, 0.25) is 0 Å². The van der Waals surface area contributed by atoms with Crippen LogP contribution in [-0.2, 0) is 7.05 Å². The van der Waals surface area contributed by atoms with Crippen molar-refractivity contribution < 1.29 is 4.57 Å². The first-order valence-corrected chi connectivity index (χ1v) is 12.4. The van der Waals surface area contributed by atoms with Crippen molar-refractivity contribution in [1.29, 1.82) is 0 Å². The molecule has 158 valence electrons. The fourth-order valence-corrected chi connectivity index (χ4v) is 5.77. The van der Waals surface area contributed by atoms with Gasteiger partial charge in [0.05, 0.1) is 10.7 Å². The molecule has 0 atom stereocenters. The van der Waals surface area contributed by atoms with Crippen LogP contribution >= 0.6 is 23.1 Å². The van der Waals surface area contributed by atoms with E-state index in [-0.39, 0.29) is 0 Å². The molecule has 0 bridgehead atoms. The number of thioether (sulfide) groups is 1. The fourth-order valence-electron chi connectivity index (χ4n) is 3.66. The zero-order valence-electron chi connectivity index (χ0n) is 18.6. The molecule has 2 aromatic carbocycles. The van der Waals surface area contributed by atoms with Gasteiger partial charge in [0, 0.05) is 24.1 Å². The largest absolute Gasteiger partial charge is 0.338 e. The topological polar surface area (TPSA) is 7.12 Å². The zero-order chi connectivity index (χ0) is 21.8. The average molecular weight is 446 g/mol. The molecule has 2 nitrogen and oxygen atoms in total. The number of benzene rings is 2. The van der Waals surface area contributed by atoms with Crippen LogP contribution in [0.4, 0.5) is 5.69 Å². The summed E-state index contributed by atoms with van der Waals surface area (Å²) in [6.07, 6.45) is 13.4. The summed E-state index contributed by atoms with van der Waals surface area (Å²) >= 11 is 3.68. The fraction of sp³-hybridized carbons (Fsp3) is 0.222. The Bertz CT molecular complexity index is 1210. The average Bonchev–Trinajstić information content (AvgIpc) is 3.30. The maximum Gasteiger partial charge on any atom is 0.262 e. The predicted octanol–water partition coefficient (Wildman–Crippen LogP) is 7.50. The van der Waals surface area contributed by atoms with E-state index >= 15 is 0 Å². The molecule has 1 aromatic heterocycles. The SMILES string of the molecule is CCC(=CC=C1Sc2ccccc2N1C)C=C(C=Cc1sc2ccccc2[n+]1C)CC. The number of anilines is 1. The Morgan fingerprint density at radius 1 is 1.00 bits per heavy atom. The Balaban J connectivity index is 1.55. The molecule has 0 radical (unpaired) electrons. The van der Waals surface area contributed by atoms with Crippen molar-refractivity contribution >= 4 is 45.1 Å². The van der Waals surface area contributed by atoms with E-state index < -0.39 is 0 Å². The molecule has 0 amide bonds. The molecule has 0 saturated heterocycles. The van der Waals surface area contributed by atoms with E-state index in [1.807, 2.05) is 23.1 Å². The van der Waals surface area contributed by atoms with Crippen molar-refractivity contribution in [2.45, 2.75) is 31.6 Å². The second-order valence-corrected chi connectivity index (χ2v) is 9.73. The first-order chi connectivity index (χ1) is 15.1. The third-order valence-electron chi connectivity index (χ3n) is 5.61. The third-order valence-corrected chi connectivity index (χ3v) is 7.98. The monoisotopic (exact) mass is 445 g/mol. The standard InChI is InChI=1S/C27H29N2S2/c1-5-20(15-17-26-28(3)22-11-7-9-13-24(22)30-26)19-21(6-2)16-18-27-29(4)23-12-8-10-14-25(23)31-27/h7-19H,5-6H2,1-4H3/q+1. The highest BCUT2D eigenvalue weighted by molar-refractivity contribution is 8.03. The van der Waals surface area contributed by atoms with E-state index in [0.717, 1.165) is 12.8 Å². The van der Waals surface area contributed by atoms with Crippen molar-refractivity contribution in [3.8, 4) is 0 Å². The molecule has 0 unspecified atom stereocenters. The van der Waals surface area contributed by atoms with Gasteiger partial charge in [-0.15, -0.1) is 0 Å². The second kappa shape index (κ2) is 9.71. The molecule has 0 aliphatic carbocycles. The minimum atomic E-state index is 1.01. The molecule has 4 rings (SSSR count). The predicted molar refractivity (Wildman–Crippen MR) is 138 cm³/mol. The summed E-state index contributed by atoms with van der Waals surface area (Å²) in [5.74, 6) is 0. The van der Waals surface area contributed by atoms with Crippen LogP contribution in [0.1, 0.15) is 31.7 Å². The number of fused-ring (bicyclic) bond motifs is 2. The summed E-state index contributed by atoms with van der Waals surface area (Å²) < 4.78 is 3.60. The lowest BCUT2D eigenvalue weighted by Crippen LogP contribution is -2.28. The molecule has 3 aromatic rings. The van der Waals surface area contributed by atoms with Crippen molar-refractivity contribution in [1.82, 2.24) is 0 Å². The first kappa shape index (κ1) is 21.7. The number of thiazole rings is 1. The quantitative estimate of drug-likeness (QED) is 0.286. The van der Waals surface area contributed by atoms with Gasteiger partial charge in [-0.3, -0.25) is 0 Å². The van der Waals surface area contributed by atoms with Gasteiger partial charge < -0.3 is 4.90 Å². The minimum absolute atomic E-state index is 1.01. The Morgan fingerprint density at radius 3 is 2.48 bits per heavy atom. The van der Waals surface area contributed by atoms with Gasteiger partial charge in [-0.2, -0.15) is 4.57 Å². The number of allylic oxidation sites excluding steroid dienone is 6. The first-order valence-electron chi connectivity index (χ1n) is 10.8. The summed E-state index contributed by atoms with van der Waals surface area (Å²) in [5.41, 5.74) is 5.27. The lowest BCUT2D eigenvalue weighted by Gasteiger charge is -2.12. The van der Waals surface area contributed by atoms with Gasteiger partial charge in [0.1, 0.15) is 11.7 Å². The lowest BCUT2D eigenvalue weighted by atomic mass is 10.1. The molecule has 0 spiro atoms. The Kier molecular flexibility index (Phi) is 6.79. The molecule has 0 saturated carbocycles. The summed E-state index contributed by atoms with van der Waals surface area (Å²) in [7, 11) is 4.29. The second-order valence-electron chi connectivity index (χ2n) is 7.60. The van der Waals surface area contributed by atoms with Gasteiger partial charge >= 0.3 is 0 Å². The van der Waals surface area contributed by atoms with Gasteiger partial charge in [0.2, 0.25) is 5.52 Å². The van der Waals surface area contributed by atoms with Crippen LogP contribution < -0.4 is 9.47 Å². The number of para-hydroxylation sites is 2. The maximum atomic E-state index is 2.34. The van der Waals surface area contributed by atoms with E-state index in [9.17, 15) is 0 Å². The van der Waals surface area contributed by atoms with Gasteiger partial charge in [0.25, 0.3) is 5.01 Å². The maximum absolute atomic E-state index is 2.34.